The molecule has 0 atom stereocenters. The van der Waals surface area contributed by atoms with E-state index >= 15 is 0 Å². The van der Waals surface area contributed by atoms with Crippen LogP contribution in [0.3, 0.4) is 0 Å². The molecule has 0 amide bonds. The van der Waals surface area contributed by atoms with Gasteiger partial charge in [-0.2, -0.15) is 0 Å². The van der Waals surface area contributed by atoms with Gasteiger partial charge < -0.3 is 0 Å². The molecule has 1 aliphatic rings. The summed E-state index contributed by atoms with van der Waals surface area (Å²) in [5, 5.41) is 4.69. The first-order valence-electron chi connectivity index (χ1n) is 5.76. The number of aryl methyl sites for hydroxylation is 2. The molecule has 0 saturated heterocycles. The lowest BCUT2D eigenvalue weighted by molar-refractivity contribution is 0.796. The van der Waals surface area contributed by atoms with Gasteiger partial charge in [-0.3, -0.25) is 5.32 Å². The second-order valence-corrected chi connectivity index (χ2v) is 4.21. The van der Waals surface area contributed by atoms with Crippen LogP contribution in [0.25, 0.3) is 0 Å². The molecule has 0 spiro atoms. The lowest BCUT2D eigenvalue weighted by Gasteiger charge is -2.16. The molecule has 2 aromatic carbocycles. The number of hydrogen-bond donors (Lipinski definition) is 0. The van der Waals surface area contributed by atoms with Crippen molar-refractivity contribution in [1.82, 2.24) is 5.32 Å². The van der Waals surface area contributed by atoms with Crippen molar-refractivity contribution in [3.8, 4) is 0 Å². The maximum Gasteiger partial charge on any atom is 0.0649 e. The summed E-state index contributed by atoms with van der Waals surface area (Å²) < 4.78 is 0. The number of fused-ring (bicyclic) bond motifs is 2. The summed E-state index contributed by atoms with van der Waals surface area (Å²) in [4.78, 5) is 0. The SMILES string of the molecule is c1ccc2c(c1)CCc1ccccc1[N]C2. The Balaban J connectivity index is 1.97. The Hall–Kier alpha value is -1.76. The van der Waals surface area contributed by atoms with E-state index in [1.54, 1.807) is 0 Å². The molecule has 0 fully saturated rings. The smallest absolute Gasteiger partial charge is 0.0649 e. The predicted octanol–water partition coefficient (Wildman–Crippen LogP) is 3.22. The van der Waals surface area contributed by atoms with Gasteiger partial charge in [0.2, 0.25) is 0 Å². The average Bonchev–Trinajstić information content (AvgIpc) is 2.32. The van der Waals surface area contributed by atoms with Crippen LogP contribution in [0.1, 0.15) is 16.7 Å². The molecule has 0 aromatic heterocycles. The van der Waals surface area contributed by atoms with E-state index < -0.39 is 0 Å². The standard InChI is InChI=1S/C15H14N/c1-2-7-14-11-16-15-8-4-3-6-13(15)10-9-12(14)5-1/h1-8H,9-11H2. The molecule has 1 aliphatic heterocycles. The quantitative estimate of drug-likeness (QED) is 0.631. The van der Waals surface area contributed by atoms with Crippen LogP contribution in [0.15, 0.2) is 48.5 Å². The fraction of sp³-hybridized carbons (Fsp3) is 0.200. The van der Waals surface area contributed by atoms with Crippen molar-refractivity contribution in [2.24, 2.45) is 0 Å². The Morgan fingerprint density at radius 3 is 2.19 bits per heavy atom. The molecule has 1 nitrogen and oxygen atoms in total. The zero-order valence-electron chi connectivity index (χ0n) is 9.19. The largest absolute Gasteiger partial charge is 0.280 e. The van der Waals surface area contributed by atoms with E-state index in [-0.39, 0.29) is 0 Å². The Kier molecular flexibility index (Phi) is 2.37. The van der Waals surface area contributed by atoms with Crippen molar-refractivity contribution < 1.29 is 0 Å². The van der Waals surface area contributed by atoms with Crippen LogP contribution >= 0.6 is 0 Å². The van der Waals surface area contributed by atoms with Gasteiger partial charge >= 0.3 is 0 Å². The van der Waals surface area contributed by atoms with E-state index in [4.69, 9.17) is 0 Å². The van der Waals surface area contributed by atoms with Crippen molar-refractivity contribution in [3.05, 3.63) is 65.2 Å². The van der Waals surface area contributed by atoms with Crippen molar-refractivity contribution >= 4 is 5.69 Å². The number of rotatable bonds is 0. The van der Waals surface area contributed by atoms with Gasteiger partial charge in [-0.15, -0.1) is 0 Å². The molecule has 3 rings (SSSR count). The van der Waals surface area contributed by atoms with Gasteiger partial charge in [-0.05, 0) is 35.6 Å². The first kappa shape index (κ1) is 9.46. The van der Waals surface area contributed by atoms with Crippen LogP contribution in [-0.2, 0) is 19.4 Å². The zero-order valence-corrected chi connectivity index (χ0v) is 9.19. The minimum absolute atomic E-state index is 0.813. The summed E-state index contributed by atoms with van der Waals surface area (Å²) in [6, 6.07) is 17.1. The molecule has 0 N–H and O–H groups in total. The molecule has 0 unspecified atom stereocenters. The Labute approximate surface area is 96.1 Å². The van der Waals surface area contributed by atoms with Gasteiger partial charge in [0.15, 0.2) is 0 Å². The number of benzene rings is 2. The molecule has 0 bridgehead atoms. The molecule has 2 aromatic rings. The van der Waals surface area contributed by atoms with E-state index in [1.807, 2.05) is 0 Å². The van der Waals surface area contributed by atoms with Crippen LogP contribution in [0, 0.1) is 0 Å². The van der Waals surface area contributed by atoms with Crippen LogP contribution in [0.5, 0.6) is 0 Å². The molecule has 1 radical (unpaired) electrons. The second-order valence-electron chi connectivity index (χ2n) is 4.21. The molecule has 16 heavy (non-hydrogen) atoms. The Bertz CT molecular complexity index is 409. The van der Waals surface area contributed by atoms with Gasteiger partial charge in [-0.25, -0.2) is 0 Å². The molecule has 79 valence electrons. The number of nitrogens with zero attached hydrogens (tertiary/aromatic N) is 1. The predicted molar refractivity (Wildman–Crippen MR) is 65.8 cm³/mol. The number of para-hydroxylation sites is 1. The third-order valence-electron chi connectivity index (χ3n) is 3.19. The highest BCUT2D eigenvalue weighted by molar-refractivity contribution is 5.47. The fourth-order valence-electron chi connectivity index (χ4n) is 2.27. The van der Waals surface area contributed by atoms with Crippen molar-refractivity contribution in [2.45, 2.75) is 19.4 Å². The van der Waals surface area contributed by atoms with Crippen LogP contribution in [-0.4, -0.2) is 0 Å². The highest BCUT2D eigenvalue weighted by Crippen LogP contribution is 2.23. The Morgan fingerprint density at radius 1 is 0.688 bits per heavy atom. The summed E-state index contributed by atoms with van der Waals surface area (Å²) in [6.45, 7) is 0.813. The zero-order chi connectivity index (χ0) is 10.8. The van der Waals surface area contributed by atoms with Crippen LogP contribution < -0.4 is 5.32 Å². The van der Waals surface area contributed by atoms with Gasteiger partial charge in [-0.1, -0.05) is 42.5 Å². The monoisotopic (exact) mass is 208 g/mol. The van der Waals surface area contributed by atoms with Crippen LogP contribution in [0.4, 0.5) is 5.69 Å². The third kappa shape index (κ3) is 1.69. The van der Waals surface area contributed by atoms with E-state index in [2.05, 4.69) is 53.8 Å². The van der Waals surface area contributed by atoms with Gasteiger partial charge in [0.1, 0.15) is 0 Å². The summed E-state index contributed by atoms with van der Waals surface area (Å²) >= 11 is 0. The minimum Gasteiger partial charge on any atom is -0.280 e. The van der Waals surface area contributed by atoms with E-state index in [9.17, 15) is 0 Å². The fourth-order valence-corrected chi connectivity index (χ4v) is 2.27. The minimum atomic E-state index is 0.813. The summed E-state index contributed by atoms with van der Waals surface area (Å²) in [7, 11) is 0. The summed E-state index contributed by atoms with van der Waals surface area (Å²) in [5.74, 6) is 0. The highest BCUT2D eigenvalue weighted by Gasteiger charge is 2.10. The summed E-state index contributed by atoms with van der Waals surface area (Å²) in [5.41, 5.74) is 5.35. The molecule has 1 heteroatoms. The Morgan fingerprint density at radius 2 is 1.31 bits per heavy atom. The maximum atomic E-state index is 4.69. The first-order valence-corrected chi connectivity index (χ1v) is 5.76. The van der Waals surface area contributed by atoms with Gasteiger partial charge in [0.05, 0.1) is 12.2 Å². The topological polar surface area (TPSA) is 14.1 Å². The van der Waals surface area contributed by atoms with Crippen molar-refractivity contribution in [1.29, 1.82) is 0 Å². The lowest BCUT2D eigenvalue weighted by atomic mass is 9.97. The van der Waals surface area contributed by atoms with E-state index in [1.165, 1.54) is 16.7 Å². The maximum absolute atomic E-state index is 4.69. The van der Waals surface area contributed by atoms with Crippen LogP contribution in [0.2, 0.25) is 0 Å². The van der Waals surface area contributed by atoms with Crippen molar-refractivity contribution in [2.75, 3.05) is 0 Å². The third-order valence-corrected chi connectivity index (χ3v) is 3.19. The highest BCUT2D eigenvalue weighted by atomic mass is 14.9. The van der Waals surface area contributed by atoms with E-state index in [0.29, 0.717) is 0 Å². The summed E-state index contributed by atoms with van der Waals surface area (Å²) in [6.07, 6.45) is 2.22. The normalized spacial score (nSPS) is 14.0. The van der Waals surface area contributed by atoms with Gasteiger partial charge in [0, 0.05) is 0 Å². The second kappa shape index (κ2) is 4.01. The number of hydrogen-bond acceptors (Lipinski definition) is 0. The molecular formula is C15H14N. The lowest BCUT2D eigenvalue weighted by Crippen LogP contribution is -2.08. The molecule has 1 heterocycles. The molecular weight excluding hydrogens is 194 g/mol. The molecule has 0 saturated carbocycles. The first-order chi connectivity index (χ1) is 7.93. The average molecular weight is 208 g/mol. The van der Waals surface area contributed by atoms with Crippen molar-refractivity contribution in [3.63, 3.8) is 0 Å². The van der Waals surface area contributed by atoms with Gasteiger partial charge in [0.25, 0.3) is 0 Å². The molecule has 0 aliphatic carbocycles. The van der Waals surface area contributed by atoms with E-state index in [0.717, 1.165) is 25.1 Å².